The van der Waals surface area contributed by atoms with Gasteiger partial charge in [-0.15, -0.1) is 0 Å². The first kappa shape index (κ1) is 12.2. The van der Waals surface area contributed by atoms with E-state index in [2.05, 4.69) is 12.2 Å². The van der Waals surface area contributed by atoms with Crippen molar-refractivity contribution in [2.75, 3.05) is 0 Å². The van der Waals surface area contributed by atoms with E-state index in [0.29, 0.717) is 17.7 Å². The minimum atomic E-state index is -0.0765. The summed E-state index contributed by atoms with van der Waals surface area (Å²) in [7, 11) is 0. The Morgan fingerprint density at radius 3 is 2.82 bits per heavy atom. The Bertz CT molecular complexity index is 339. The molecule has 1 amide bonds. The van der Waals surface area contributed by atoms with Crippen molar-refractivity contribution < 1.29 is 9.21 Å². The van der Waals surface area contributed by atoms with Crippen molar-refractivity contribution in [3.8, 4) is 0 Å². The van der Waals surface area contributed by atoms with Crippen molar-refractivity contribution >= 4 is 5.91 Å². The third-order valence-corrected chi connectivity index (χ3v) is 3.72. The van der Waals surface area contributed by atoms with Gasteiger partial charge in [-0.2, -0.15) is 0 Å². The Labute approximate surface area is 103 Å². The third kappa shape index (κ3) is 3.11. The number of nitrogens with one attached hydrogen (secondary N) is 1. The minimum Gasteiger partial charge on any atom is -0.459 e. The fraction of sp³-hybridized carbons (Fsp3) is 0.643. The molecule has 1 aliphatic rings. The van der Waals surface area contributed by atoms with Gasteiger partial charge < -0.3 is 9.73 Å². The number of carbonyl (C=O) groups excluding carboxylic acids is 1. The van der Waals surface area contributed by atoms with E-state index in [1.807, 2.05) is 0 Å². The Morgan fingerprint density at radius 1 is 1.47 bits per heavy atom. The normalized spacial score (nSPS) is 18.9. The lowest BCUT2D eigenvalue weighted by Gasteiger charge is -2.29. The summed E-state index contributed by atoms with van der Waals surface area (Å²) in [5, 5.41) is 3.11. The maximum atomic E-state index is 11.9. The molecule has 0 saturated heterocycles. The molecule has 1 saturated carbocycles. The van der Waals surface area contributed by atoms with Crippen LogP contribution in [0.2, 0.25) is 0 Å². The molecule has 1 aliphatic carbocycles. The molecule has 1 unspecified atom stereocenters. The zero-order chi connectivity index (χ0) is 12.1. The van der Waals surface area contributed by atoms with E-state index < -0.39 is 0 Å². The van der Waals surface area contributed by atoms with Gasteiger partial charge in [0.25, 0.3) is 5.91 Å². The van der Waals surface area contributed by atoms with Gasteiger partial charge in [0.15, 0.2) is 5.76 Å². The maximum Gasteiger partial charge on any atom is 0.287 e. The van der Waals surface area contributed by atoms with Crippen molar-refractivity contribution in [3.63, 3.8) is 0 Å². The van der Waals surface area contributed by atoms with E-state index in [-0.39, 0.29) is 5.91 Å². The van der Waals surface area contributed by atoms with Gasteiger partial charge in [0, 0.05) is 6.04 Å². The number of carbonyl (C=O) groups is 1. The summed E-state index contributed by atoms with van der Waals surface area (Å²) in [5.41, 5.74) is 0. The fourth-order valence-corrected chi connectivity index (χ4v) is 2.74. The summed E-state index contributed by atoms with van der Waals surface area (Å²) < 4.78 is 5.12. The molecule has 0 spiro atoms. The Kier molecular flexibility index (Phi) is 4.24. The molecule has 0 aliphatic heterocycles. The van der Waals surface area contributed by atoms with Gasteiger partial charge in [0.2, 0.25) is 0 Å². The smallest absolute Gasteiger partial charge is 0.287 e. The number of hydrogen-bond acceptors (Lipinski definition) is 2. The van der Waals surface area contributed by atoms with E-state index in [1.54, 1.807) is 12.1 Å². The molecule has 1 atom stereocenters. The number of furan rings is 1. The average Bonchev–Trinajstić information content (AvgIpc) is 2.90. The molecule has 94 valence electrons. The molecule has 0 radical (unpaired) electrons. The largest absolute Gasteiger partial charge is 0.459 e. The molecule has 3 heteroatoms. The van der Waals surface area contributed by atoms with E-state index in [0.717, 1.165) is 6.42 Å². The first-order valence-electron chi connectivity index (χ1n) is 6.65. The van der Waals surface area contributed by atoms with Crippen LogP contribution < -0.4 is 5.32 Å². The molecular formula is C14H21NO2. The lowest BCUT2D eigenvalue weighted by Crippen LogP contribution is -2.40. The maximum absolute atomic E-state index is 11.9. The third-order valence-electron chi connectivity index (χ3n) is 3.72. The molecule has 1 aromatic heterocycles. The van der Waals surface area contributed by atoms with Crippen LogP contribution in [-0.2, 0) is 0 Å². The van der Waals surface area contributed by atoms with Crippen LogP contribution >= 0.6 is 0 Å². The molecular weight excluding hydrogens is 214 g/mol. The number of rotatable bonds is 4. The summed E-state index contributed by atoms with van der Waals surface area (Å²) >= 11 is 0. The van der Waals surface area contributed by atoms with Crippen molar-refractivity contribution in [3.05, 3.63) is 24.2 Å². The summed E-state index contributed by atoms with van der Waals surface area (Å²) in [6.45, 7) is 2.14. The highest BCUT2D eigenvalue weighted by Gasteiger charge is 2.24. The van der Waals surface area contributed by atoms with Crippen LogP contribution in [0.4, 0.5) is 0 Å². The van der Waals surface area contributed by atoms with Gasteiger partial charge >= 0.3 is 0 Å². The zero-order valence-electron chi connectivity index (χ0n) is 10.4. The molecule has 3 nitrogen and oxygen atoms in total. The van der Waals surface area contributed by atoms with Crippen molar-refractivity contribution in [2.45, 2.75) is 51.5 Å². The zero-order valence-corrected chi connectivity index (χ0v) is 10.4. The molecule has 1 heterocycles. The summed E-state index contributed by atoms with van der Waals surface area (Å²) in [6, 6.07) is 3.76. The highest BCUT2D eigenvalue weighted by molar-refractivity contribution is 5.91. The lowest BCUT2D eigenvalue weighted by atomic mass is 9.83. The Balaban J connectivity index is 1.92. The van der Waals surface area contributed by atoms with Crippen LogP contribution in [-0.4, -0.2) is 11.9 Å². The van der Waals surface area contributed by atoms with Crippen LogP contribution in [0.1, 0.15) is 56.0 Å². The lowest BCUT2D eigenvalue weighted by molar-refractivity contribution is 0.0883. The van der Waals surface area contributed by atoms with E-state index in [4.69, 9.17) is 4.42 Å². The van der Waals surface area contributed by atoms with Crippen LogP contribution in [0.3, 0.4) is 0 Å². The Morgan fingerprint density at radius 2 is 2.24 bits per heavy atom. The summed E-state index contributed by atoms with van der Waals surface area (Å²) in [6.07, 6.45) is 8.98. The predicted molar refractivity (Wildman–Crippen MR) is 66.8 cm³/mol. The van der Waals surface area contributed by atoms with Gasteiger partial charge in [-0.1, -0.05) is 26.2 Å². The quantitative estimate of drug-likeness (QED) is 0.869. The highest BCUT2D eigenvalue weighted by Crippen LogP contribution is 2.27. The second kappa shape index (κ2) is 5.89. The molecule has 0 aromatic carbocycles. The molecule has 1 fully saturated rings. The second-order valence-corrected chi connectivity index (χ2v) is 4.86. The van der Waals surface area contributed by atoms with Gasteiger partial charge in [0.1, 0.15) is 0 Å². The molecule has 17 heavy (non-hydrogen) atoms. The van der Waals surface area contributed by atoms with Crippen molar-refractivity contribution in [2.24, 2.45) is 5.92 Å². The first-order chi connectivity index (χ1) is 8.31. The van der Waals surface area contributed by atoms with Crippen molar-refractivity contribution in [1.82, 2.24) is 5.32 Å². The molecule has 0 bridgehead atoms. The number of hydrogen-bond donors (Lipinski definition) is 1. The van der Waals surface area contributed by atoms with Crippen LogP contribution in [0.15, 0.2) is 22.8 Å². The van der Waals surface area contributed by atoms with Gasteiger partial charge in [-0.05, 0) is 37.3 Å². The molecule has 1 N–H and O–H groups in total. The van der Waals surface area contributed by atoms with E-state index in [9.17, 15) is 4.79 Å². The van der Waals surface area contributed by atoms with Gasteiger partial charge in [0.05, 0.1) is 6.26 Å². The standard InChI is InChI=1S/C14H21NO2/c1-2-12(11-7-4-3-5-8-11)15-14(16)13-9-6-10-17-13/h6,9-12H,2-5,7-8H2,1H3,(H,15,16). The van der Waals surface area contributed by atoms with Crippen molar-refractivity contribution in [1.29, 1.82) is 0 Å². The van der Waals surface area contributed by atoms with E-state index in [1.165, 1.54) is 38.4 Å². The molecule has 2 rings (SSSR count). The van der Waals surface area contributed by atoms with Crippen LogP contribution in [0.25, 0.3) is 0 Å². The monoisotopic (exact) mass is 235 g/mol. The molecule has 1 aromatic rings. The highest BCUT2D eigenvalue weighted by atomic mass is 16.3. The van der Waals surface area contributed by atoms with Crippen LogP contribution in [0.5, 0.6) is 0 Å². The Hall–Kier alpha value is -1.25. The second-order valence-electron chi connectivity index (χ2n) is 4.86. The minimum absolute atomic E-state index is 0.0765. The number of amides is 1. The average molecular weight is 235 g/mol. The topological polar surface area (TPSA) is 42.2 Å². The van der Waals surface area contributed by atoms with Crippen LogP contribution in [0, 0.1) is 5.92 Å². The summed E-state index contributed by atoms with van der Waals surface area (Å²) in [5.74, 6) is 0.986. The predicted octanol–water partition coefficient (Wildman–Crippen LogP) is 3.37. The SMILES string of the molecule is CCC(NC(=O)c1ccco1)C1CCCCC1. The first-order valence-corrected chi connectivity index (χ1v) is 6.65. The van der Waals surface area contributed by atoms with Gasteiger partial charge in [-0.25, -0.2) is 0 Å². The van der Waals surface area contributed by atoms with Gasteiger partial charge in [-0.3, -0.25) is 4.79 Å². The fourth-order valence-electron chi connectivity index (χ4n) is 2.74. The summed E-state index contributed by atoms with van der Waals surface area (Å²) in [4.78, 5) is 11.9. The van der Waals surface area contributed by atoms with E-state index >= 15 is 0 Å².